The first-order valence-electron chi connectivity index (χ1n) is 3.31. The molecule has 2 atom stereocenters. The van der Waals surface area contributed by atoms with E-state index in [1.807, 2.05) is 0 Å². The van der Waals surface area contributed by atoms with Gasteiger partial charge in [-0.3, -0.25) is 5.41 Å². The lowest BCUT2D eigenvalue weighted by Gasteiger charge is -2.11. The lowest BCUT2D eigenvalue weighted by Crippen LogP contribution is -2.34. The van der Waals surface area contributed by atoms with E-state index in [4.69, 9.17) is 16.9 Å². The van der Waals surface area contributed by atoms with Crippen LogP contribution in [0.1, 0.15) is 19.3 Å². The summed E-state index contributed by atoms with van der Waals surface area (Å²) >= 11 is 0. The predicted octanol–water partition coefficient (Wildman–Crippen LogP) is 0.0498. The van der Waals surface area contributed by atoms with Crippen LogP contribution >= 0.6 is 0 Å². The molecule has 1 rings (SSSR count). The van der Waals surface area contributed by atoms with E-state index in [2.05, 4.69) is 0 Å². The van der Waals surface area contributed by atoms with Crippen molar-refractivity contribution in [3.05, 3.63) is 0 Å². The second-order valence-corrected chi connectivity index (χ2v) is 2.66. The Kier molecular flexibility index (Phi) is 1.71. The first-order valence-corrected chi connectivity index (χ1v) is 3.31. The van der Waals surface area contributed by atoms with Gasteiger partial charge in [0.2, 0.25) is 0 Å². The molecule has 9 heavy (non-hydrogen) atoms. The zero-order chi connectivity index (χ0) is 6.85. The molecule has 3 nitrogen and oxygen atoms in total. The highest BCUT2D eigenvalue weighted by atomic mass is 14.8. The van der Waals surface area contributed by atoms with E-state index in [0.29, 0.717) is 0 Å². The molecule has 0 amide bonds. The van der Waals surface area contributed by atoms with E-state index >= 15 is 0 Å². The van der Waals surface area contributed by atoms with Gasteiger partial charge < -0.3 is 11.5 Å². The molecule has 0 saturated heterocycles. The number of amidine groups is 1. The van der Waals surface area contributed by atoms with Gasteiger partial charge in [-0.25, -0.2) is 0 Å². The molecule has 0 aromatic heterocycles. The second kappa shape index (κ2) is 2.35. The van der Waals surface area contributed by atoms with Crippen LogP contribution in [0.15, 0.2) is 0 Å². The van der Waals surface area contributed by atoms with E-state index in [9.17, 15) is 0 Å². The van der Waals surface area contributed by atoms with Crippen molar-refractivity contribution < 1.29 is 0 Å². The molecule has 0 bridgehead atoms. The van der Waals surface area contributed by atoms with Crippen molar-refractivity contribution in [3.63, 3.8) is 0 Å². The Balaban J connectivity index is 2.49. The van der Waals surface area contributed by atoms with Crippen molar-refractivity contribution in [2.45, 2.75) is 25.3 Å². The number of rotatable bonds is 1. The van der Waals surface area contributed by atoms with Gasteiger partial charge in [0.05, 0.1) is 5.84 Å². The van der Waals surface area contributed by atoms with Crippen molar-refractivity contribution in [2.24, 2.45) is 17.4 Å². The Labute approximate surface area is 54.9 Å². The molecule has 1 saturated carbocycles. The van der Waals surface area contributed by atoms with Gasteiger partial charge >= 0.3 is 0 Å². The third-order valence-electron chi connectivity index (χ3n) is 1.97. The van der Waals surface area contributed by atoms with Crippen LogP contribution in [-0.2, 0) is 0 Å². The minimum atomic E-state index is 0.155. The van der Waals surface area contributed by atoms with E-state index in [0.717, 1.165) is 19.3 Å². The van der Waals surface area contributed by atoms with Crippen molar-refractivity contribution in [3.8, 4) is 0 Å². The molecule has 0 unspecified atom stereocenters. The lowest BCUT2D eigenvalue weighted by atomic mass is 10.0. The zero-order valence-corrected chi connectivity index (χ0v) is 5.43. The quantitative estimate of drug-likeness (QED) is 0.344. The topological polar surface area (TPSA) is 75.9 Å². The lowest BCUT2D eigenvalue weighted by molar-refractivity contribution is 0.606. The van der Waals surface area contributed by atoms with E-state index < -0.39 is 0 Å². The van der Waals surface area contributed by atoms with Crippen LogP contribution in [0.3, 0.4) is 0 Å². The van der Waals surface area contributed by atoms with Crippen LogP contribution in [0.2, 0.25) is 0 Å². The second-order valence-electron chi connectivity index (χ2n) is 2.66. The molecule has 1 aliphatic carbocycles. The molecule has 0 spiro atoms. The van der Waals surface area contributed by atoms with Gasteiger partial charge in [0.25, 0.3) is 0 Å². The highest BCUT2D eigenvalue weighted by Crippen LogP contribution is 2.23. The van der Waals surface area contributed by atoms with Gasteiger partial charge in [0.1, 0.15) is 0 Å². The maximum Gasteiger partial charge on any atom is 0.0952 e. The summed E-state index contributed by atoms with van der Waals surface area (Å²) in [6.07, 6.45) is 3.17. The van der Waals surface area contributed by atoms with Crippen LogP contribution in [0.5, 0.6) is 0 Å². The van der Waals surface area contributed by atoms with Crippen LogP contribution in [-0.4, -0.2) is 11.9 Å². The smallest absolute Gasteiger partial charge is 0.0952 e. The Morgan fingerprint density at radius 3 is 2.33 bits per heavy atom. The summed E-state index contributed by atoms with van der Waals surface area (Å²) in [6, 6.07) is 0.155. The third kappa shape index (κ3) is 1.21. The fourth-order valence-electron chi connectivity index (χ4n) is 1.37. The molecule has 0 aliphatic heterocycles. The van der Waals surface area contributed by atoms with Gasteiger partial charge in [-0.2, -0.15) is 0 Å². The largest absolute Gasteiger partial charge is 0.387 e. The van der Waals surface area contributed by atoms with Crippen molar-refractivity contribution in [1.82, 2.24) is 0 Å². The zero-order valence-electron chi connectivity index (χ0n) is 5.43. The fourth-order valence-corrected chi connectivity index (χ4v) is 1.37. The van der Waals surface area contributed by atoms with Gasteiger partial charge in [0, 0.05) is 12.0 Å². The summed E-state index contributed by atoms with van der Waals surface area (Å²) in [5.41, 5.74) is 11.0. The molecule has 0 radical (unpaired) electrons. The number of nitrogens with two attached hydrogens (primary N) is 2. The summed E-state index contributed by atoms with van der Waals surface area (Å²) in [5.74, 6) is 0.435. The van der Waals surface area contributed by atoms with Gasteiger partial charge in [-0.1, -0.05) is 6.42 Å². The third-order valence-corrected chi connectivity index (χ3v) is 1.97. The number of nitrogens with one attached hydrogen (secondary N) is 1. The predicted molar refractivity (Wildman–Crippen MR) is 37.2 cm³/mol. The van der Waals surface area contributed by atoms with Crippen LogP contribution in [0.25, 0.3) is 0 Å². The van der Waals surface area contributed by atoms with Crippen molar-refractivity contribution in [1.29, 1.82) is 5.41 Å². The van der Waals surface area contributed by atoms with E-state index in [1.165, 1.54) is 0 Å². The Bertz CT molecular complexity index is 121. The maximum absolute atomic E-state index is 7.12. The number of hydrogen-bond acceptors (Lipinski definition) is 2. The van der Waals surface area contributed by atoms with Gasteiger partial charge in [0.15, 0.2) is 0 Å². The van der Waals surface area contributed by atoms with Crippen LogP contribution in [0, 0.1) is 11.3 Å². The summed E-state index contributed by atoms with van der Waals surface area (Å²) in [7, 11) is 0. The van der Waals surface area contributed by atoms with E-state index in [1.54, 1.807) is 0 Å². The summed E-state index contributed by atoms with van der Waals surface area (Å²) < 4.78 is 0. The highest BCUT2D eigenvalue weighted by Gasteiger charge is 2.25. The summed E-state index contributed by atoms with van der Waals surface area (Å²) in [5, 5.41) is 7.12. The maximum atomic E-state index is 7.12. The molecule has 0 aromatic carbocycles. The molecule has 52 valence electrons. The Morgan fingerprint density at radius 2 is 2.11 bits per heavy atom. The summed E-state index contributed by atoms with van der Waals surface area (Å²) in [4.78, 5) is 0. The number of hydrogen-bond donors (Lipinski definition) is 3. The molecule has 3 heteroatoms. The average Bonchev–Trinajstić information content (AvgIpc) is 2.13. The first-order chi connectivity index (χ1) is 4.22. The molecular weight excluding hydrogens is 114 g/mol. The average molecular weight is 127 g/mol. The molecule has 0 aromatic rings. The van der Waals surface area contributed by atoms with Crippen molar-refractivity contribution in [2.75, 3.05) is 0 Å². The normalized spacial score (nSPS) is 34.8. The Morgan fingerprint density at radius 1 is 1.44 bits per heavy atom. The van der Waals surface area contributed by atoms with Crippen LogP contribution < -0.4 is 11.5 Å². The molecule has 1 aliphatic rings. The standard InChI is InChI=1S/C6H13N3/c7-5-3-1-2-4(5)6(8)9/h4-5H,1-3,7H2,(H3,8,9)/t4-,5-/m1/s1. The summed E-state index contributed by atoms with van der Waals surface area (Å²) in [6.45, 7) is 0. The van der Waals surface area contributed by atoms with Crippen LogP contribution in [0.4, 0.5) is 0 Å². The molecule has 0 heterocycles. The highest BCUT2D eigenvalue weighted by molar-refractivity contribution is 5.80. The monoisotopic (exact) mass is 127 g/mol. The SMILES string of the molecule is N=C(N)[C@@H]1CCC[C@H]1N. The molecule has 1 fully saturated rings. The van der Waals surface area contributed by atoms with Gasteiger partial charge in [-0.15, -0.1) is 0 Å². The minimum absolute atomic E-state index is 0.155. The molecular formula is C6H13N3. The molecule has 5 N–H and O–H groups in total. The van der Waals surface area contributed by atoms with E-state index in [-0.39, 0.29) is 17.8 Å². The van der Waals surface area contributed by atoms with Gasteiger partial charge in [-0.05, 0) is 12.8 Å². The van der Waals surface area contributed by atoms with Crippen molar-refractivity contribution >= 4 is 5.84 Å². The fraction of sp³-hybridized carbons (Fsp3) is 0.833. The first kappa shape index (κ1) is 6.55. The Hall–Kier alpha value is -0.570. The minimum Gasteiger partial charge on any atom is -0.387 e.